The van der Waals surface area contributed by atoms with E-state index in [-0.39, 0.29) is 0 Å². The summed E-state index contributed by atoms with van der Waals surface area (Å²) in [6.07, 6.45) is 4.00. The maximum atomic E-state index is 3.58. The van der Waals surface area contributed by atoms with Crippen LogP contribution in [0.15, 0.2) is 18.2 Å². The molecule has 3 heterocycles. The van der Waals surface area contributed by atoms with E-state index in [9.17, 15) is 0 Å². The number of nitrogens with zero attached hydrogens (tertiary/aromatic N) is 1. The van der Waals surface area contributed by atoms with Crippen molar-refractivity contribution < 1.29 is 0 Å². The quantitative estimate of drug-likeness (QED) is 0.732. The Hall–Kier alpha value is -1.02. The highest BCUT2D eigenvalue weighted by atomic mass is 15.2. The summed E-state index contributed by atoms with van der Waals surface area (Å²) in [6, 6.07) is 7.00. The van der Waals surface area contributed by atoms with E-state index in [1.165, 1.54) is 45.4 Å². The molecule has 1 N–H and O–H groups in total. The first-order chi connectivity index (χ1) is 8.43. The lowest BCUT2D eigenvalue weighted by Gasteiger charge is -2.38. The molecule has 0 saturated carbocycles. The normalized spacial score (nSPS) is 30.7. The molecule has 2 heteroatoms. The second-order valence-electron chi connectivity index (χ2n) is 5.78. The number of rotatable bonds is 0. The van der Waals surface area contributed by atoms with Crippen LogP contribution in [0.5, 0.6) is 0 Å². The molecule has 90 valence electrons. The molecule has 0 aromatic heterocycles. The van der Waals surface area contributed by atoms with Crippen molar-refractivity contribution in [3.8, 4) is 0 Å². The Balaban J connectivity index is 1.88. The van der Waals surface area contributed by atoms with Crippen LogP contribution in [0, 0.1) is 5.92 Å². The van der Waals surface area contributed by atoms with E-state index in [2.05, 4.69) is 28.4 Å². The summed E-state index contributed by atoms with van der Waals surface area (Å²) in [5.41, 5.74) is 4.84. The molecule has 1 saturated heterocycles. The molecule has 0 bridgehead atoms. The molecule has 0 spiro atoms. The van der Waals surface area contributed by atoms with Crippen LogP contribution in [0.2, 0.25) is 0 Å². The predicted octanol–water partition coefficient (Wildman–Crippen LogP) is 2.15. The Kier molecular flexibility index (Phi) is 2.19. The fraction of sp³-hybridized carbons (Fsp3) is 0.600. The maximum absolute atomic E-state index is 3.58. The highest BCUT2D eigenvalue weighted by Crippen LogP contribution is 2.43. The Bertz CT molecular complexity index is 441. The average molecular weight is 228 g/mol. The van der Waals surface area contributed by atoms with Crippen LogP contribution in [0.1, 0.15) is 29.9 Å². The van der Waals surface area contributed by atoms with Gasteiger partial charge in [-0.1, -0.05) is 18.2 Å². The molecule has 0 amide bonds. The molecule has 2 atom stereocenters. The lowest BCUT2D eigenvalue weighted by atomic mass is 9.82. The summed E-state index contributed by atoms with van der Waals surface area (Å²) in [5, 5.41) is 3.58. The number of nitrogens with one attached hydrogen (secondary N) is 1. The van der Waals surface area contributed by atoms with E-state index in [1.807, 2.05) is 0 Å². The topological polar surface area (TPSA) is 15.3 Å². The Labute approximate surface area is 103 Å². The van der Waals surface area contributed by atoms with Gasteiger partial charge in [-0.25, -0.2) is 0 Å². The number of para-hydroxylation sites is 1. The minimum Gasteiger partial charge on any atom is -0.371 e. The van der Waals surface area contributed by atoms with Crippen molar-refractivity contribution in [2.45, 2.75) is 25.2 Å². The minimum absolute atomic E-state index is 0.777. The smallest absolute Gasteiger partial charge is 0.0434 e. The number of anilines is 1. The molecule has 2 unspecified atom stereocenters. The van der Waals surface area contributed by atoms with Gasteiger partial charge in [-0.15, -0.1) is 0 Å². The molecule has 1 fully saturated rings. The number of hydrogen-bond donors (Lipinski definition) is 1. The van der Waals surface area contributed by atoms with Crippen LogP contribution in [0.4, 0.5) is 5.69 Å². The van der Waals surface area contributed by atoms with Gasteiger partial charge in [0.15, 0.2) is 0 Å². The third-order valence-electron chi connectivity index (χ3n) is 4.79. The summed E-state index contributed by atoms with van der Waals surface area (Å²) in [6.45, 7) is 4.95. The van der Waals surface area contributed by atoms with Crippen molar-refractivity contribution in [2.24, 2.45) is 5.92 Å². The van der Waals surface area contributed by atoms with E-state index in [4.69, 9.17) is 0 Å². The summed E-state index contributed by atoms with van der Waals surface area (Å²) in [4.78, 5) is 2.67. The summed E-state index contributed by atoms with van der Waals surface area (Å²) in [7, 11) is 0. The van der Waals surface area contributed by atoms with Gasteiger partial charge in [0, 0.05) is 37.8 Å². The van der Waals surface area contributed by atoms with Gasteiger partial charge in [0.1, 0.15) is 0 Å². The molecule has 17 heavy (non-hydrogen) atoms. The molecule has 3 aliphatic heterocycles. The van der Waals surface area contributed by atoms with Gasteiger partial charge in [0.2, 0.25) is 0 Å². The summed E-state index contributed by atoms with van der Waals surface area (Å²) < 4.78 is 0. The predicted molar refractivity (Wildman–Crippen MR) is 70.7 cm³/mol. The first-order valence-electron chi connectivity index (χ1n) is 7.01. The third-order valence-corrected chi connectivity index (χ3v) is 4.79. The highest BCUT2D eigenvalue weighted by molar-refractivity contribution is 5.64. The number of aryl methyl sites for hydroxylation is 1. The van der Waals surface area contributed by atoms with Gasteiger partial charge in [-0.05, 0) is 36.3 Å². The van der Waals surface area contributed by atoms with Crippen molar-refractivity contribution in [2.75, 3.05) is 31.1 Å². The molecule has 0 aliphatic carbocycles. The number of benzene rings is 1. The van der Waals surface area contributed by atoms with Crippen molar-refractivity contribution >= 4 is 5.69 Å². The molecular weight excluding hydrogens is 208 g/mol. The Morgan fingerprint density at radius 2 is 2.18 bits per heavy atom. The van der Waals surface area contributed by atoms with E-state index in [0.717, 1.165) is 11.8 Å². The van der Waals surface area contributed by atoms with Gasteiger partial charge >= 0.3 is 0 Å². The van der Waals surface area contributed by atoms with Crippen molar-refractivity contribution in [3.05, 3.63) is 29.3 Å². The molecule has 4 rings (SSSR count). The molecule has 2 nitrogen and oxygen atoms in total. The van der Waals surface area contributed by atoms with E-state index >= 15 is 0 Å². The average Bonchev–Trinajstić information content (AvgIpc) is 2.73. The zero-order valence-electron chi connectivity index (χ0n) is 10.3. The fourth-order valence-corrected chi connectivity index (χ4v) is 3.98. The lowest BCUT2D eigenvalue weighted by molar-refractivity contribution is 0.481. The SMILES string of the molecule is c1cc2c3c(c1)C1CNCC1CN3CCCC2. The van der Waals surface area contributed by atoms with E-state index in [1.54, 1.807) is 16.8 Å². The van der Waals surface area contributed by atoms with Crippen LogP contribution < -0.4 is 10.2 Å². The third kappa shape index (κ3) is 1.43. The van der Waals surface area contributed by atoms with Gasteiger partial charge < -0.3 is 10.2 Å². The first-order valence-corrected chi connectivity index (χ1v) is 7.01. The minimum atomic E-state index is 0.777. The lowest BCUT2D eigenvalue weighted by Crippen LogP contribution is -2.38. The molecular formula is C15H20N2. The van der Waals surface area contributed by atoms with Crippen LogP contribution in [-0.4, -0.2) is 26.2 Å². The Morgan fingerprint density at radius 3 is 3.18 bits per heavy atom. The zero-order valence-corrected chi connectivity index (χ0v) is 10.3. The summed E-state index contributed by atoms with van der Waals surface area (Å²) >= 11 is 0. The number of fused-ring (bicyclic) bond motifs is 2. The van der Waals surface area contributed by atoms with Crippen LogP contribution in [-0.2, 0) is 6.42 Å². The van der Waals surface area contributed by atoms with Crippen LogP contribution in [0.25, 0.3) is 0 Å². The molecule has 1 aromatic carbocycles. The monoisotopic (exact) mass is 228 g/mol. The largest absolute Gasteiger partial charge is 0.371 e. The Morgan fingerprint density at radius 1 is 1.18 bits per heavy atom. The van der Waals surface area contributed by atoms with Crippen molar-refractivity contribution in [3.63, 3.8) is 0 Å². The first kappa shape index (κ1) is 9.95. The molecule has 1 aromatic rings. The van der Waals surface area contributed by atoms with E-state index in [0.29, 0.717) is 0 Å². The van der Waals surface area contributed by atoms with E-state index < -0.39 is 0 Å². The van der Waals surface area contributed by atoms with Gasteiger partial charge in [-0.3, -0.25) is 0 Å². The van der Waals surface area contributed by atoms with Gasteiger partial charge in [0.25, 0.3) is 0 Å². The molecule has 3 aliphatic rings. The van der Waals surface area contributed by atoms with Crippen LogP contribution >= 0.6 is 0 Å². The maximum Gasteiger partial charge on any atom is 0.0434 e. The standard InChI is InChI=1S/C15H20N2/c1-2-7-17-10-12-8-16-9-14(12)13-6-3-5-11(4-1)15(13)17/h3,5-6,12,14,16H,1-2,4,7-10H2. The highest BCUT2D eigenvalue weighted by Gasteiger charge is 2.37. The molecule has 0 radical (unpaired) electrons. The second kappa shape index (κ2) is 3.74. The summed E-state index contributed by atoms with van der Waals surface area (Å²) in [5.74, 6) is 1.62. The van der Waals surface area contributed by atoms with Crippen molar-refractivity contribution in [1.29, 1.82) is 0 Å². The van der Waals surface area contributed by atoms with Gasteiger partial charge in [0.05, 0.1) is 0 Å². The zero-order chi connectivity index (χ0) is 11.2. The van der Waals surface area contributed by atoms with Crippen LogP contribution in [0.3, 0.4) is 0 Å². The van der Waals surface area contributed by atoms with Gasteiger partial charge in [-0.2, -0.15) is 0 Å². The number of hydrogen-bond acceptors (Lipinski definition) is 2. The second-order valence-corrected chi connectivity index (χ2v) is 5.78. The van der Waals surface area contributed by atoms with Crippen molar-refractivity contribution in [1.82, 2.24) is 5.32 Å². The fourth-order valence-electron chi connectivity index (χ4n) is 3.98.